The molecule has 25 heavy (non-hydrogen) atoms. The Morgan fingerprint density at radius 2 is 2.16 bits per heavy atom. The molecule has 0 aliphatic carbocycles. The predicted octanol–water partition coefficient (Wildman–Crippen LogP) is 2.81. The van der Waals surface area contributed by atoms with Crippen molar-refractivity contribution in [2.24, 2.45) is 0 Å². The molecule has 1 N–H and O–H groups in total. The SMILES string of the molecule is CCOC(=O)C1CSC2(c3ccccc3)c3ncccc3NC(=O)N12. The summed E-state index contributed by atoms with van der Waals surface area (Å²) in [6, 6.07) is 12.4. The van der Waals surface area contributed by atoms with E-state index in [0.29, 0.717) is 11.4 Å². The summed E-state index contributed by atoms with van der Waals surface area (Å²) in [5.41, 5.74) is 2.32. The zero-order valence-electron chi connectivity index (χ0n) is 13.6. The molecule has 7 heteroatoms. The van der Waals surface area contributed by atoms with Gasteiger partial charge < -0.3 is 10.1 Å². The Hall–Kier alpha value is -2.54. The van der Waals surface area contributed by atoms with E-state index >= 15 is 0 Å². The molecule has 0 radical (unpaired) electrons. The summed E-state index contributed by atoms with van der Waals surface area (Å²) in [7, 11) is 0. The number of urea groups is 1. The zero-order valence-corrected chi connectivity index (χ0v) is 14.5. The molecule has 0 saturated carbocycles. The van der Waals surface area contributed by atoms with Crippen LogP contribution in [0, 0.1) is 0 Å². The number of hydrogen-bond acceptors (Lipinski definition) is 5. The van der Waals surface area contributed by atoms with Gasteiger partial charge in [-0.3, -0.25) is 9.88 Å². The Bertz CT molecular complexity index is 829. The Balaban J connectivity index is 1.92. The van der Waals surface area contributed by atoms with Crippen molar-refractivity contribution in [3.05, 3.63) is 59.9 Å². The smallest absolute Gasteiger partial charge is 0.329 e. The van der Waals surface area contributed by atoms with E-state index in [1.54, 1.807) is 24.1 Å². The van der Waals surface area contributed by atoms with E-state index < -0.39 is 10.9 Å². The number of anilines is 1. The van der Waals surface area contributed by atoms with Crippen molar-refractivity contribution in [2.75, 3.05) is 17.7 Å². The van der Waals surface area contributed by atoms with Gasteiger partial charge in [0.25, 0.3) is 0 Å². The second kappa shape index (κ2) is 6.07. The summed E-state index contributed by atoms with van der Waals surface area (Å²) in [6.45, 7) is 2.04. The van der Waals surface area contributed by atoms with Crippen LogP contribution in [0.5, 0.6) is 0 Å². The zero-order chi connectivity index (χ0) is 17.4. The highest BCUT2D eigenvalue weighted by Gasteiger charge is 2.58. The Labute approximate surface area is 149 Å². The van der Waals surface area contributed by atoms with Gasteiger partial charge in [-0.25, -0.2) is 9.59 Å². The minimum atomic E-state index is -0.836. The highest BCUT2D eigenvalue weighted by Crippen LogP contribution is 2.55. The molecule has 2 unspecified atom stereocenters. The summed E-state index contributed by atoms with van der Waals surface area (Å²) < 4.78 is 5.20. The molecule has 1 fully saturated rings. The van der Waals surface area contributed by atoms with Gasteiger partial charge in [0.1, 0.15) is 11.7 Å². The molecule has 2 amide bonds. The van der Waals surface area contributed by atoms with Crippen LogP contribution >= 0.6 is 11.8 Å². The number of carbonyl (C=O) groups excluding carboxylic acids is 2. The summed E-state index contributed by atoms with van der Waals surface area (Å²) in [5.74, 6) is 0.0688. The van der Waals surface area contributed by atoms with Gasteiger partial charge in [0, 0.05) is 11.9 Å². The van der Waals surface area contributed by atoms with Crippen LogP contribution < -0.4 is 5.32 Å². The number of rotatable bonds is 3. The van der Waals surface area contributed by atoms with Gasteiger partial charge in [-0.1, -0.05) is 30.3 Å². The summed E-state index contributed by atoms with van der Waals surface area (Å²) in [5, 5.41) is 2.86. The predicted molar refractivity (Wildman–Crippen MR) is 95.2 cm³/mol. The molecule has 0 bridgehead atoms. The summed E-state index contributed by atoms with van der Waals surface area (Å²) in [6.07, 6.45) is 1.71. The maximum absolute atomic E-state index is 12.9. The molecular formula is C18H17N3O3S. The van der Waals surface area contributed by atoms with Crippen molar-refractivity contribution in [3.8, 4) is 0 Å². The van der Waals surface area contributed by atoms with Gasteiger partial charge in [0.15, 0.2) is 4.87 Å². The van der Waals surface area contributed by atoms with Crippen molar-refractivity contribution in [3.63, 3.8) is 0 Å². The van der Waals surface area contributed by atoms with Crippen molar-refractivity contribution < 1.29 is 14.3 Å². The van der Waals surface area contributed by atoms with Crippen LogP contribution in [0.25, 0.3) is 0 Å². The van der Waals surface area contributed by atoms with Gasteiger partial charge in [0.2, 0.25) is 0 Å². The number of nitrogens with zero attached hydrogens (tertiary/aromatic N) is 2. The van der Waals surface area contributed by atoms with Gasteiger partial charge in [-0.2, -0.15) is 0 Å². The third-order valence-corrected chi connectivity index (χ3v) is 5.94. The fourth-order valence-corrected chi connectivity index (χ4v) is 5.05. The standard InChI is InChI=1S/C18H17N3O3S/c1-2-24-16(22)14-11-25-18(12-7-4-3-5-8-12)15-13(9-6-10-19-15)20-17(23)21(14)18/h3-10,14H,2,11H2,1H3,(H,20,23). The van der Waals surface area contributed by atoms with E-state index in [1.165, 1.54) is 11.8 Å². The number of aromatic nitrogens is 1. The fourth-order valence-electron chi connectivity index (χ4n) is 3.42. The lowest BCUT2D eigenvalue weighted by Gasteiger charge is -2.43. The molecule has 1 aromatic carbocycles. The second-order valence-electron chi connectivity index (χ2n) is 5.79. The number of hydrogen-bond donors (Lipinski definition) is 1. The largest absolute Gasteiger partial charge is 0.464 e. The van der Waals surface area contributed by atoms with E-state index in [2.05, 4.69) is 10.3 Å². The number of ether oxygens (including phenoxy) is 1. The molecule has 0 spiro atoms. The first-order valence-corrected chi connectivity index (χ1v) is 9.09. The van der Waals surface area contributed by atoms with Crippen LogP contribution in [0.15, 0.2) is 48.7 Å². The Morgan fingerprint density at radius 1 is 1.36 bits per heavy atom. The van der Waals surface area contributed by atoms with Crippen molar-refractivity contribution in [1.82, 2.24) is 9.88 Å². The first-order chi connectivity index (χ1) is 12.2. The molecule has 2 atom stereocenters. The summed E-state index contributed by atoms with van der Waals surface area (Å²) in [4.78, 5) is 30.7. The molecule has 1 saturated heterocycles. The van der Waals surface area contributed by atoms with Crippen molar-refractivity contribution in [2.45, 2.75) is 17.8 Å². The average molecular weight is 355 g/mol. The number of thioether (sulfide) groups is 1. The van der Waals surface area contributed by atoms with E-state index in [0.717, 1.165) is 11.3 Å². The second-order valence-corrected chi connectivity index (χ2v) is 7.00. The van der Waals surface area contributed by atoms with Crippen LogP contribution in [0.2, 0.25) is 0 Å². The molecule has 4 rings (SSSR count). The third-order valence-electron chi connectivity index (χ3n) is 4.41. The van der Waals surface area contributed by atoms with Crippen LogP contribution in [0.1, 0.15) is 18.2 Å². The molecule has 1 aromatic heterocycles. The first-order valence-electron chi connectivity index (χ1n) is 8.10. The molecule has 3 heterocycles. The minimum absolute atomic E-state index is 0.280. The third kappa shape index (κ3) is 2.30. The average Bonchev–Trinajstić information content (AvgIpc) is 3.05. The van der Waals surface area contributed by atoms with E-state index in [-0.39, 0.29) is 18.6 Å². The molecule has 2 aliphatic rings. The van der Waals surface area contributed by atoms with Gasteiger partial charge in [-0.05, 0) is 24.6 Å². The number of nitrogens with one attached hydrogen (secondary N) is 1. The number of pyridine rings is 1. The van der Waals surface area contributed by atoms with E-state index in [9.17, 15) is 9.59 Å². The molecule has 6 nitrogen and oxygen atoms in total. The number of benzene rings is 1. The van der Waals surface area contributed by atoms with Crippen molar-refractivity contribution >= 4 is 29.4 Å². The first kappa shape index (κ1) is 16.0. The molecule has 128 valence electrons. The number of carbonyl (C=O) groups is 2. The maximum atomic E-state index is 12.9. The topological polar surface area (TPSA) is 71.5 Å². The maximum Gasteiger partial charge on any atom is 0.329 e. The van der Waals surface area contributed by atoms with Gasteiger partial charge in [-0.15, -0.1) is 11.8 Å². The van der Waals surface area contributed by atoms with Crippen LogP contribution in [-0.2, 0) is 14.4 Å². The normalized spacial score (nSPS) is 24.3. The number of amides is 2. The van der Waals surface area contributed by atoms with E-state index in [1.807, 2.05) is 36.4 Å². The van der Waals surface area contributed by atoms with Crippen LogP contribution in [0.4, 0.5) is 10.5 Å². The quantitative estimate of drug-likeness (QED) is 0.857. The minimum Gasteiger partial charge on any atom is -0.464 e. The van der Waals surface area contributed by atoms with Crippen molar-refractivity contribution in [1.29, 1.82) is 0 Å². The molecule has 2 aliphatic heterocycles. The highest BCUT2D eigenvalue weighted by atomic mass is 32.2. The van der Waals surface area contributed by atoms with E-state index in [4.69, 9.17) is 4.74 Å². The molecular weight excluding hydrogens is 338 g/mol. The number of esters is 1. The lowest BCUT2D eigenvalue weighted by molar-refractivity contribution is -0.147. The Morgan fingerprint density at radius 3 is 2.92 bits per heavy atom. The highest BCUT2D eigenvalue weighted by molar-refractivity contribution is 8.00. The lowest BCUT2D eigenvalue weighted by Crippen LogP contribution is -2.56. The Kier molecular flexibility index (Phi) is 3.88. The monoisotopic (exact) mass is 355 g/mol. The molecule has 2 aromatic rings. The van der Waals surface area contributed by atoms with Gasteiger partial charge in [0.05, 0.1) is 12.3 Å². The summed E-state index contributed by atoms with van der Waals surface area (Å²) >= 11 is 1.54. The number of fused-ring (bicyclic) bond motifs is 3. The van der Waals surface area contributed by atoms with Crippen LogP contribution in [-0.4, -0.2) is 40.3 Å². The van der Waals surface area contributed by atoms with Crippen LogP contribution in [0.3, 0.4) is 0 Å². The van der Waals surface area contributed by atoms with Gasteiger partial charge >= 0.3 is 12.0 Å². The lowest BCUT2D eigenvalue weighted by atomic mass is 9.96. The fraction of sp³-hybridized carbons (Fsp3) is 0.278.